The van der Waals surface area contributed by atoms with Gasteiger partial charge in [0, 0.05) is 0 Å². The van der Waals surface area contributed by atoms with Crippen LogP contribution in [0, 0.1) is 29.1 Å². The zero-order chi connectivity index (χ0) is 20.3. The lowest BCUT2D eigenvalue weighted by atomic mass is 9.60. The van der Waals surface area contributed by atoms with E-state index in [0.29, 0.717) is 5.41 Å². The Morgan fingerprint density at radius 2 is 1.89 bits per heavy atom. The Labute approximate surface area is 174 Å². The molecule has 28 heavy (non-hydrogen) atoms. The Bertz CT molecular complexity index is 610. The molecule has 0 aromatic heterocycles. The van der Waals surface area contributed by atoms with Crippen LogP contribution in [-0.2, 0) is 0 Å². The molecular weight excluding hydrogens is 340 g/mol. The van der Waals surface area contributed by atoms with Gasteiger partial charge in [0.05, 0.1) is 6.10 Å². The molecule has 0 amide bonds. The maximum atomic E-state index is 10.0. The molecule has 0 heterocycles. The Morgan fingerprint density at radius 1 is 1.11 bits per heavy atom. The van der Waals surface area contributed by atoms with Crippen molar-refractivity contribution in [1.82, 2.24) is 0 Å². The van der Waals surface area contributed by atoms with Crippen molar-refractivity contribution in [1.29, 1.82) is 0 Å². The molecule has 1 nitrogen and oxygen atoms in total. The van der Waals surface area contributed by atoms with E-state index in [0.717, 1.165) is 42.9 Å². The Hall–Kier alpha value is -0.820. The highest BCUT2D eigenvalue weighted by Crippen LogP contribution is 2.59. The number of allylic oxidation sites excluding steroid dienone is 4. The molecule has 1 N–H and O–H groups in total. The van der Waals surface area contributed by atoms with Gasteiger partial charge < -0.3 is 5.11 Å². The lowest BCUT2D eigenvalue weighted by molar-refractivity contribution is 0.0929. The van der Waals surface area contributed by atoms with Gasteiger partial charge in [-0.1, -0.05) is 76.8 Å². The van der Waals surface area contributed by atoms with E-state index in [1.165, 1.54) is 62.5 Å². The van der Waals surface area contributed by atoms with Crippen molar-refractivity contribution in [2.75, 3.05) is 0 Å². The normalized spacial score (nSPS) is 37.6. The second kappa shape index (κ2) is 9.33. The molecule has 3 fully saturated rings. The zero-order valence-corrected chi connectivity index (χ0v) is 19.0. The molecule has 0 radical (unpaired) electrons. The van der Waals surface area contributed by atoms with E-state index in [1.807, 2.05) is 0 Å². The topological polar surface area (TPSA) is 20.2 Å². The first kappa shape index (κ1) is 21.9. The van der Waals surface area contributed by atoms with Crippen LogP contribution in [-0.4, -0.2) is 11.2 Å². The smallest absolute Gasteiger partial charge is 0.0583 e. The summed E-state index contributed by atoms with van der Waals surface area (Å²) in [5.41, 5.74) is 4.72. The highest BCUT2D eigenvalue weighted by atomic mass is 16.3. The van der Waals surface area contributed by atoms with Crippen LogP contribution in [0.5, 0.6) is 0 Å². The summed E-state index contributed by atoms with van der Waals surface area (Å²) in [5, 5.41) is 10.0. The first-order valence-corrected chi connectivity index (χ1v) is 12.1. The highest BCUT2D eigenvalue weighted by molar-refractivity contribution is 5.36. The second-order valence-corrected chi connectivity index (χ2v) is 10.8. The minimum atomic E-state index is -0.172. The molecule has 0 spiro atoms. The molecule has 0 aliphatic heterocycles. The summed E-state index contributed by atoms with van der Waals surface area (Å²) < 4.78 is 0. The van der Waals surface area contributed by atoms with E-state index < -0.39 is 0 Å². The molecule has 0 bridgehead atoms. The van der Waals surface area contributed by atoms with Gasteiger partial charge in [0.25, 0.3) is 0 Å². The van der Waals surface area contributed by atoms with Crippen molar-refractivity contribution < 1.29 is 5.11 Å². The minimum absolute atomic E-state index is 0.172. The molecular formula is C27H44O. The summed E-state index contributed by atoms with van der Waals surface area (Å²) in [6, 6.07) is 0. The Morgan fingerprint density at radius 3 is 2.64 bits per heavy atom. The molecule has 0 unspecified atom stereocenters. The number of rotatable bonds is 6. The summed E-state index contributed by atoms with van der Waals surface area (Å²) in [7, 11) is 0. The molecule has 1 heteroatoms. The number of fused-ring (bicyclic) bond motifs is 1. The van der Waals surface area contributed by atoms with Gasteiger partial charge in [-0.25, -0.2) is 0 Å². The number of hydrogen-bond acceptors (Lipinski definition) is 1. The lowest BCUT2D eigenvalue weighted by Crippen LogP contribution is -2.36. The number of aliphatic hydroxyl groups excluding tert-OH is 1. The minimum Gasteiger partial charge on any atom is -0.393 e. The second-order valence-electron chi connectivity index (χ2n) is 10.8. The molecule has 5 atom stereocenters. The van der Waals surface area contributed by atoms with Crippen LogP contribution in [0.15, 0.2) is 35.5 Å². The maximum Gasteiger partial charge on any atom is 0.0583 e. The van der Waals surface area contributed by atoms with Gasteiger partial charge in [-0.15, -0.1) is 0 Å². The fraction of sp³-hybridized carbons (Fsp3) is 0.778. The largest absolute Gasteiger partial charge is 0.393 e. The molecule has 3 aliphatic rings. The predicted octanol–water partition coefficient (Wildman–Crippen LogP) is 7.62. The quantitative estimate of drug-likeness (QED) is 0.499. The van der Waals surface area contributed by atoms with Crippen LogP contribution < -0.4 is 0 Å². The third-order valence-electron chi connectivity index (χ3n) is 8.35. The van der Waals surface area contributed by atoms with Crippen LogP contribution in [0.3, 0.4) is 0 Å². The molecule has 158 valence electrons. The lowest BCUT2D eigenvalue weighted by Gasteiger charge is -2.44. The van der Waals surface area contributed by atoms with Crippen molar-refractivity contribution in [2.24, 2.45) is 29.1 Å². The van der Waals surface area contributed by atoms with E-state index in [4.69, 9.17) is 0 Å². The third-order valence-corrected chi connectivity index (χ3v) is 8.35. The third kappa shape index (κ3) is 4.84. The number of aliphatic hydroxyl groups is 1. The summed E-state index contributed by atoms with van der Waals surface area (Å²) >= 11 is 0. The maximum absolute atomic E-state index is 10.0. The fourth-order valence-electron chi connectivity index (χ4n) is 6.66. The van der Waals surface area contributed by atoms with Gasteiger partial charge in [0.15, 0.2) is 0 Å². The van der Waals surface area contributed by atoms with Gasteiger partial charge >= 0.3 is 0 Å². The van der Waals surface area contributed by atoms with Crippen molar-refractivity contribution in [3.63, 3.8) is 0 Å². The summed E-state index contributed by atoms with van der Waals surface area (Å²) in [4.78, 5) is 0. The first-order valence-electron chi connectivity index (χ1n) is 12.1. The Balaban J connectivity index is 1.70. The SMILES string of the molecule is C=C1CC[C@@H](O)C/C1=C\C=C1/CCC[C@]2(C)[C@@H]([C@@H](C)CCCC(C)C)CC[C@@H]12. The molecule has 0 saturated heterocycles. The molecule has 3 rings (SSSR count). The van der Waals surface area contributed by atoms with Gasteiger partial charge in [0.2, 0.25) is 0 Å². The highest BCUT2D eigenvalue weighted by Gasteiger charge is 2.50. The van der Waals surface area contributed by atoms with Gasteiger partial charge in [-0.2, -0.15) is 0 Å². The van der Waals surface area contributed by atoms with E-state index >= 15 is 0 Å². The van der Waals surface area contributed by atoms with Crippen LogP contribution in [0.1, 0.15) is 98.3 Å². The van der Waals surface area contributed by atoms with E-state index in [9.17, 15) is 5.11 Å². The van der Waals surface area contributed by atoms with Crippen LogP contribution in [0.25, 0.3) is 0 Å². The summed E-state index contributed by atoms with van der Waals surface area (Å²) in [6.45, 7) is 14.1. The van der Waals surface area contributed by atoms with Crippen LogP contribution in [0.4, 0.5) is 0 Å². The summed E-state index contributed by atoms with van der Waals surface area (Å²) in [5.74, 6) is 3.37. The van der Waals surface area contributed by atoms with Crippen LogP contribution >= 0.6 is 0 Å². The molecule has 3 aliphatic carbocycles. The monoisotopic (exact) mass is 384 g/mol. The standard InChI is InChI=1S/C27H44O/c1-19(2)8-6-9-21(4)25-15-16-26-22(10-7-17-27(25,26)5)12-13-23-18-24(28)14-11-20(23)3/h12-13,19,21,24-26,28H,3,6-11,14-18H2,1-2,4-5H3/b22-12+,23-13+/t21-,24+,25+,26-,27+/m0/s1. The molecule has 0 aromatic rings. The number of hydrogen-bond donors (Lipinski definition) is 1. The first-order chi connectivity index (χ1) is 13.3. The van der Waals surface area contributed by atoms with Crippen molar-refractivity contribution in [2.45, 2.75) is 104 Å². The van der Waals surface area contributed by atoms with Gasteiger partial charge in [-0.05, 0) is 86.0 Å². The Kier molecular flexibility index (Phi) is 7.29. The molecule has 3 saturated carbocycles. The van der Waals surface area contributed by atoms with Crippen molar-refractivity contribution in [3.05, 3.63) is 35.5 Å². The predicted molar refractivity (Wildman–Crippen MR) is 121 cm³/mol. The average Bonchev–Trinajstić information content (AvgIpc) is 2.99. The fourth-order valence-corrected chi connectivity index (χ4v) is 6.66. The van der Waals surface area contributed by atoms with Crippen molar-refractivity contribution in [3.8, 4) is 0 Å². The zero-order valence-electron chi connectivity index (χ0n) is 19.0. The van der Waals surface area contributed by atoms with Gasteiger partial charge in [0.1, 0.15) is 0 Å². The van der Waals surface area contributed by atoms with E-state index in [-0.39, 0.29) is 6.10 Å². The summed E-state index contributed by atoms with van der Waals surface area (Å²) in [6.07, 6.45) is 18.2. The van der Waals surface area contributed by atoms with E-state index in [1.54, 1.807) is 5.57 Å². The molecule has 0 aromatic carbocycles. The van der Waals surface area contributed by atoms with E-state index in [2.05, 4.69) is 46.4 Å². The van der Waals surface area contributed by atoms with Crippen LogP contribution in [0.2, 0.25) is 0 Å². The average molecular weight is 385 g/mol. The van der Waals surface area contributed by atoms with Crippen molar-refractivity contribution >= 4 is 0 Å². The van der Waals surface area contributed by atoms with Gasteiger partial charge in [-0.3, -0.25) is 0 Å².